The second-order valence-electron chi connectivity index (χ2n) is 3.38. The van der Waals surface area contributed by atoms with E-state index >= 15 is 0 Å². The second kappa shape index (κ2) is 4.81. The minimum Gasteiger partial charge on any atom is -0.481 e. The summed E-state index contributed by atoms with van der Waals surface area (Å²) in [5, 5.41) is 17.5. The standard InChI is InChI=1S/C10H14O4/c1-7(11)2-3-8-4-9(14-6-8)5-10(12)13/h4,6-7,11H,2-3,5H2,1H3,(H,12,13). The van der Waals surface area contributed by atoms with Crippen LogP contribution in [-0.4, -0.2) is 22.3 Å². The predicted octanol–water partition coefficient (Wildman–Crippen LogP) is 1.22. The Bertz CT molecular complexity index is 301. The van der Waals surface area contributed by atoms with E-state index in [1.54, 1.807) is 19.3 Å². The second-order valence-corrected chi connectivity index (χ2v) is 3.38. The van der Waals surface area contributed by atoms with Crippen molar-refractivity contribution < 1.29 is 19.4 Å². The average Bonchev–Trinajstić information content (AvgIpc) is 2.47. The molecule has 0 saturated heterocycles. The Morgan fingerprint density at radius 1 is 1.64 bits per heavy atom. The maximum Gasteiger partial charge on any atom is 0.311 e. The third-order valence-electron chi connectivity index (χ3n) is 1.88. The van der Waals surface area contributed by atoms with Gasteiger partial charge in [0.25, 0.3) is 0 Å². The molecule has 1 aromatic rings. The van der Waals surface area contributed by atoms with E-state index in [1.165, 1.54) is 0 Å². The van der Waals surface area contributed by atoms with Crippen LogP contribution in [0.1, 0.15) is 24.7 Å². The van der Waals surface area contributed by atoms with Crippen LogP contribution < -0.4 is 0 Å². The first-order valence-corrected chi connectivity index (χ1v) is 4.54. The molecule has 1 unspecified atom stereocenters. The molecular weight excluding hydrogens is 184 g/mol. The van der Waals surface area contributed by atoms with Gasteiger partial charge < -0.3 is 14.6 Å². The molecule has 0 spiro atoms. The maximum absolute atomic E-state index is 10.3. The number of aliphatic carboxylic acids is 1. The van der Waals surface area contributed by atoms with E-state index in [4.69, 9.17) is 14.6 Å². The van der Waals surface area contributed by atoms with E-state index in [-0.39, 0.29) is 12.5 Å². The van der Waals surface area contributed by atoms with Crippen molar-refractivity contribution in [2.75, 3.05) is 0 Å². The van der Waals surface area contributed by atoms with Crippen LogP contribution in [-0.2, 0) is 17.6 Å². The smallest absolute Gasteiger partial charge is 0.311 e. The van der Waals surface area contributed by atoms with E-state index in [9.17, 15) is 4.79 Å². The monoisotopic (exact) mass is 198 g/mol. The van der Waals surface area contributed by atoms with E-state index < -0.39 is 5.97 Å². The van der Waals surface area contributed by atoms with Gasteiger partial charge in [-0.25, -0.2) is 0 Å². The number of furan rings is 1. The fourth-order valence-electron chi connectivity index (χ4n) is 1.17. The third kappa shape index (κ3) is 3.62. The van der Waals surface area contributed by atoms with E-state index in [1.807, 2.05) is 0 Å². The number of carboxylic acid groups (broad SMARTS) is 1. The van der Waals surface area contributed by atoms with Gasteiger partial charge in [-0.1, -0.05) is 0 Å². The van der Waals surface area contributed by atoms with Crippen molar-refractivity contribution in [2.24, 2.45) is 0 Å². The molecule has 78 valence electrons. The van der Waals surface area contributed by atoms with Crippen molar-refractivity contribution in [3.63, 3.8) is 0 Å². The van der Waals surface area contributed by atoms with Gasteiger partial charge in [0.1, 0.15) is 12.2 Å². The largest absolute Gasteiger partial charge is 0.481 e. The molecule has 0 aliphatic heterocycles. The third-order valence-corrected chi connectivity index (χ3v) is 1.88. The highest BCUT2D eigenvalue weighted by atomic mass is 16.4. The molecule has 0 radical (unpaired) electrons. The van der Waals surface area contributed by atoms with E-state index in [0.717, 1.165) is 5.56 Å². The molecule has 1 heterocycles. The topological polar surface area (TPSA) is 70.7 Å². The number of aliphatic hydroxyl groups is 1. The first-order chi connectivity index (χ1) is 6.58. The predicted molar refractivity (Wildman–Crippen MR) is 50.0 cm³/mol. The number of hydrogen-bond acceptors (Lipinski definition) is 3. The summed E-state index contributed by atoms with van der Waals surface area (Å²) in [7, 11) is 0. The number of carboxylic acids is 1. The minimum absolute atomic E-state index is 0.0886. The first-order valence-electron chi connectivity index (χ1n) is 4.54. The van der Waals surface area contributed by atoms with Crippen molar-refractivity contribution in [1.82, 2.24) is 0 Å². The molecule has 2 N–H and O–H groups in total. The Hall–Kier alpha value is -1.29. The van der Waals surface area contributed by atoms with Gasteiger partial charge in [-0.05, 0) is 31.4 Å². The van der Waals surface area contributed by atoms with Crippen molar-refractivity contribution in [1.29, 1.82) is 0 Å². The molecule has 1 rings (SSSR count). The Labute approximate surface area is 82.2 Å². The maximum atomic E-state index is 10.3. The molecule has 0 aliphatic carbocycles. The van der Waals surface area contributed by atoms with Crippen LogP contribution in [0.3, 0.4) is 0 Å². The van der Waals surface area contributed by atoms with Crippen LogP contribution in [0.2, 0.25) is 0 Å². The van der Waals surface area contributed by atoms with Crippen LogP contribution in [0.25, 0.3) is 0 Å². The van der Waals surface area contributed by atoms with Gasteiger partial charge >= 0.3 is 5.97 Å². The molecule has 1 atom stereocenters. The zero-order valence-electron chi connectivity index (χ0n) is 8.06. The summed E-state index contributed by atoms with van der Waals surface area (Å²) >= 11 is 0. The van der Waals surface area contributed by atoms with Gasteiger partial charge in [-0.2, -0.15) is 0 Å². The van der Waals surface area contributed by atoms with Crippen LogP contribution in [0, 0.1) is 0 Å². The van der Waals surface area contributed by atoms with Crippen LogP contribution in [0.5, 0.6) is 0 Å². The lowest BCUT2D eigenvalue weighted by atomic mass is 10.1. The summed E-state index contributed by atoms with van der Waals surface area (Å²) in [6.45, 7) is 1.72. The summed E-state index contributed by atoms with van der Waals surface area (Å²) in [6.07, 6.45) is 2.48. The molecule has 0 aliphatic rings. The average molecular weight is 198 g/mol. The van der Waals surface area contributed by atoms with Crippen molar-refractivity contribution >= 4 is 5.97 Å². The van der Waals surface area contributed by atoms with Crippen molar-refractivity contribution in [2.45, 2.75) is 32.3 Å². The summed E-state index contributed by atoms with van der Waals surface area (Å²) in [4.78, 5) is 10.3. The zero-order chi connectivity index (χ0) is 10.6. The summed E-state index contributed by atoms with van der Waals surface area (Å²) in [5.41, 5.74) is 0.933. The van der Waals surface area contributed by atoms with Crippen LogP contribution in [0.15, 0.2) is 16.7 Å². The summed E-state index contributed by atoms with van der Waals surface area (Å²) in [6, 6.07) is 1.72. The molecule has 0 amide bonds. The van der Waals surface area contributed by atoms with Gasteiger partial charge in [0.2, 0.25) is 0 Å². The molecular formula is C10H14O4. The van der Waals surface area contributed by atoms with Gasteiger partial charge in [-0.15, -0.1) is 0 Å². The van der Waals surface area contributed by atoms with E-state index in [2.05, 4.69) is 0 Å². The van der Waals surface area contributed by atoms with Gasteiger partial charge in [0, 0.05) is 0 Å². The highest BCUT2D eigenvalue weighted by molar-refractivity contribution is 5.69. The van der Waals surface area contributed by atoms with Gasteiger partial charge in [0.05, 0.1) is 12.4 Å². The minimum atomic E-state index is -0.901. The van der Waals surface area contributed by atoms with Crippen LogP contribution in [0.4, 0.5) is 0 Å². The zero-order valence-corrected chi connectivity index (χ0v) is 8.06. The molecule has 0 aromatic carbocycles. The number of rotatable bonds is 5. The highest BCUT2D eigenvalue weighted by Crippen LogP contribution is 2.11. The Balaban J connectivity index is 2.46. The molecule has 0 saturated carbocycles. The summed E-state index contributed by atoms with van der Waals surface area (Å²) in [5.74, 6) is -0.445. The molecule has 0 bridgehead atoms. The highest BCUT2D eigenvalue weighted by Gasteiger charge is 2.06. The van der Waals surface area contributed by atoms with Crippen molar-refractivity contribution in [3.8, 4) is 0 Å². The lowest BCUT2D eigenvalue weighted by molar-refractivity contribution is -0.136. The molecule has 0 fully saturated rings. The Morgan fingerprint density at radius 2 is 2.36 bits per heavy atom. The van der Waals surface area contributed by atoms with Gasteiger partial charge in [-0.3, -0.25) is 4.79 Å². The fraction of sp³-hybridized carbons (Fsp3) is 0.500. The number of aliphatic hydroxyl groups excluding tert-OH is 1. The summed E-state index contributed by atoms with van der Waals surface area (Å²) < 4.78 is 5.05. The first kappa shape index (κ1) is 10.8. The Kier molecular flexibility index (Phi) is 3.71. The fourth-order valence-corrected chi connectivity index (χ4v) is 1.17. The molecule has 4 nitrogen and oxygen atoms in total. The van der Waals surface area contributed by atoms with Gasteiger partial charge in [0.15, 0.2) is 0 Å². The number of carbonyl (C=O) groups is 1. The van der Waals surface area contributed by atoms with E-state index in [0.29, 0.717) is 18.6 Å². The molecule has 4 heteroatoms. The number of aryl methyl sites for hydroxylation is 1. The lowest BCUT2D eigenvalue weighted by Crippen LogP contribution is -2.01. The quantitative estimate of drug-likeness (QED) is 0.746. The molecule has 1 aromatic heterocycles. The van der Waals surface area contributed by atoms with Crippen molar-refractivity contribution in [3.05, 3.63) is 23.7 Å². The number of hydrogen-bond donors (Lipinski definition) is 2. The Morgan fingerprint density at radius 3 is 2.93 bits per heavy atom. The SMILES string of the molecule is CC(O)CCc1coc(CC(=O)O)c1. The molecule has 14 heavy (non-hydrogen) atoms. The van der Waals surface area contributed by atoms with Crippen LogP contribution >= 0.6 is 0 Å². The normalized spacial score (nSPS) is 12.7. The lowest BCUT2D eigenvalue weighted by Gasteiger charge is -1.99.